The van der Waals surface area contributed by atoms with Crippen molar-refractivity contribution in [2.45, 2.75) is 66.2 Å². The van der Waals surface area contributed by atoms with Crippen molar-refractivity contribution in [1.82, 2.24) is 9.88 Å². The Labute approximate surface area is 195 Å². The van der Waals surface area contributed by atoms with Crippen LogP contribution in [0.15, 0.2) is 10.9 Å². The second kappa shape index (κ2) is 11.2. The van der Waals surface area contributed by atoms with Gasteiger partial charge in [-0.15, -0.1) is 0 Å². The highest BCUT2D eigenvalue weighted by atomic mass is 35.5. The number of nitrogens with zero attached hydrogens (tertiary/aromatic N) is 1. The smallest absolute Gasteiger partial charge is 0.260 e. The summed E-state index contributed by atoms with van der Waals surface area (Å²) < 4.78 is 0. The summed E-state index contributed by atoms with van der Waals surface area (Å²) in [5.41, 5.74) is 4.71. The number of hydrogen-bond donors (Lipinski definition) is 2. The average Bonchev–Trinajstić information content (AvgIpc) is 2.72. The lowest BCUT2D eigenvalue weighted by Crippen LogP contribution is -2.37. The fraction of sp³-hybridized carbons (Fsp3) is 0.667. The molecule has 0 amide bonds. The summed E-state index contributed by atoms with van der Waals surface area (Å²) in [6.07, 6.45) is 3.84. The molecule has 1 saturated heterocycles. The molecular weight excluding hydrogens is 430 g/mol. The molecule has 0 spiro atoms. The molecule has 0 aromatic carbocycles. The highest BCUT2D eigenvalue weighted by molar-refractivity contribution is 6.33. The van der Waals surface area contributed by atoms with Crippen LogP contribution in [-0.2, 0) is 9.59 Å². The number of nitrogens with one attached hydrogen (secondary N) is 1. The van der Waals surface area contributed by atoms with Crippen molar-refractivity contribution < 1.29 is 14.4 Å². The topological polar surface area (TPSA) is 113 Å². The number of pyridine rings is 1. The predicted molar refractivity (Wildman–Crippen MR) is 127 cm³/mol. The van der Waals surface area contributed by atoms with Crippen molar-refractivity contribution in [2.24, 2.45) is 17.3 Å². The van der Waals surface area contributed by atoms with Gasteiger partial charge in [0.1, 0.15) is 17.4 Å². The molecule has 0 saturated carbocycles. The Balaban J connectivity index is 1.72. The molecule has 2 rings (SSSR count). The van der Waals surface area contributed by atoms with Crippen LogP contribution in [0.4, 0.5) is 5.82 Å². The highest BCUT2D eigenvalue weighted by Crippen LogP contribution is 2.25. The number of likely N-dealkylation sites (tertiary alicyclic amines) is 1. The summed E-state index contributed by atoms with van der Waals surface area (Å²) in [6, 6.07) is 1.34. The third-order valence-corrected chi connectivity index (χ3v) is 6.56. The van der Waals surface area contributed by atoms with Crippen molar-refractivity contribution in [3.05, 3.63) is 27.0 Å². The van der Waals surface area contributed by atoms with Gasteiger partial charge < -0.3 is 10.7 Å². The number of ketones is 3. The molecular formula is C24H36ClN3O4. The standard InChI is InChI=1S/C24H36ClN3O4/c1-15(21(31)24(2,3)4)5-7-17(29)14-28-11-9-16(10-12-28)6-8-20(30)18-13-19(25)22(26)27-23(18)32/h13,15-16H,5-12,14H2,1-4H3,(H3,26,27,32). The van der Waals surface area contributed by atoms with Gasteiger partial charge >= 0.3 is 0 Å². The number of aromatic amines is 1. The Kier molecular flexibility index (Phi) is 9.22. The zero-order chi connectivity index (χ0) is 24.1. The normalized spacial score (nSPS) is 16.7. The van der Waals surface area contributed by atoms with E-state index in [1.807, 2.05) is 27.7 Å². The monoisotopic (exact) mass is 465 g/mol. The number of H-pyrrole nitrogens is 1. The number of piperidine rings is 1. The van der Waals surface area contributed by atoms with Crippen LogP contribution >= 0.6 is 11.6 Å². The minimum atomic E-state index is -0.510. The number of hydrogen-bond acceptors (Lipinski definition) is 6. The maximum absolute atomic E-state index is 12.4. The molecule has 7 nitrogen and oxygen atoms in total. The summed E-state index contributed by atoms with van der Waals surface area (Å²) in [7, 11) is 0. The van der Waals surface area contributed by atoms with Gasteiger partial charge in [0.15, 0.2) is 5.78 Å². The third kappa shape index (κ3) is 7.55. The fourth-order valence-electron chi connectivity index (χ4n) is 4.21. The first kappa shape index (κ1) is 26.3. The van der Waals surface area contributed by atoms with E-state index in [2.05, 4.69) is 9.88 Å². The summed E-state index contributed by atoms with van der Waals surface area (Å²) in [6.45, 7) is 9.68. The molecule has 1 aromatic rings. The minimum Gasteiger partial charge on any atom is -0.384 e. The Hall–Kier alpha value is -1.99. The number of rotatable bonds is 10. The second-order valence-corrected chi connectivity index (χ2v) is 10.5. The molecule has 1 atom stereocenters. The van der Waals surface area contributed by atoms with Crippen LogP contribution in [0.2, 0.25) is 5.02 Å². The summed E-state index contributed by atoms with van der Waals surface area (Å²) in [5.74, 6) is 0.481. The molecule has 1 aromatic heterocycles. The maximum Gasteiger partial charge on any atom is 0.260 e. The van der Waals surface area contributed by atoms with Crippen LogP contribution in [0.1, 0.15) is 76.6 Å². The maximum atomic E-state index is 12.4. The number of aromatic nitrogens is 1. The summed E-state index contributed by atoms with van der Waals surface area (Å²) >= 11 is 5.91. The number of nitrogens with two attached hydrogens (primary N) is 1. The molecule has 1 aliphatic heterocycles. The number of carbonyl (C=O) groups is 3. The van der Waals surface area contributed by atoms with Crippen molar-refractivity contribution >= 4 is 34.8 Å². The van der Waals surface area contributed by atoms with E-state index < -0.39 is 5.56 Å². The van der Waals surface area contributed by atoms with Gasteiger partial charge in [-0.2, -0.15) is 0 Å². The number of carbonyl (C=O) groups excluding carboxylic acids is 3. The zero-order valence-corrected chi connectivity index (χ0v) is 20.4. The molecule has 0 aliphatic carbocycles. The number of nitrogen functional groups attached to an aromatic ring is 1. The molecule has 0 radical (unpaired) electrons. The van der Waals surface area contributed by atoms with E-state index in [9.17, 15) is 19.2 Å². The third-order valence-electron chi connectivity index (χ3n) is 6.25. The molecule has 3 N–H and O–H groups in total. The zero-order valence-electron chi connectivity index (χ0n) is 19.6. The lowest BCUT2D eigenvalue weighted by molar-refractivity contribution is -0.130. The fourth-order valence-corrected chi connectivity index (χ4v) is 4.36. The van der Waals surface area contributed by atoms with E-state index in [1.54, 1.807) is 0 Å². The van der Waals surface area contributed by atoms with Crippen LogP contribution in [-0.4, -0.2) is 46.9 Å². The van der Waals surface area contributed by atoms with Crippen LogP contribution in [0.25, 0.3) is 0 Å². The Bertz CT molecular complexity index is 895. The molecule has 0 bridgehead atoms. The summed E-state index contributed by atoms with van der Waals surface area (Å²) in [4.78, 5) is 53.6. The van der Waals surface area contributed by atoms with Crippen LogP contribution in [0.3, 0.4) is 0 Å². The molecule has 8 heteroatoms. The molecule has 1 fully saturated rings. The lowest BCUT2D eigenvalue weighted by Gasteiger charge is -2.31. The van der Waals surface area contributed by atoms with E-state index in [0.717, 1.165) is 25.9 Å². The van der Waals surface area contributed by atoms with E-state index >= 15 is 0 Å². The number of halogens is 1. The van der Waals surface area contributed by atoms with E-state index in [0.29, 0.717) is 31.7 Å². The minimum absolute atomic E-state index is 0.0476. The molecule has 178 valence electrons. The Morgan fingerprint density at radius 1 is 1.22 bits per heavy atom. The Morgan fingerprint density at radius 2 is 1.84 bits per heavy atom. The molecule has 2 heterocycles. The van der Waals surface area contributed by atoms with Gasteiger partial charge in [0, 0.05) is 24.2 Å². The van der Waals surface area contributed by atoms with Crippen LogP contribution in [0.5, 0.6) is 0 Å². The van der Waals surface area contributed by atoms with Gasteiger partial charge in [-0.1, -0.05) is 39.3 Å². The average molecular weight is 466 g/mol. The van der Waals surface area contributed by atoms with E-state index in [-0.39, 0.29) is 51.5 Å². The van der Waals surface area contributed by atoms with Crippen LogP contribution < -0.4 is 11.3 Å². The van der Waals surface area contributed by atoms with Gasteiger partial charge in [-0.25, -0.2) is 0 Å². The Morgan fingerprint density at radius 3 is 2.44 bits per heavy atom. The van der Waals surface area contributed by atoms with Gasteiger partial charge in [-0.05, 0) is 50.8 Å². The van der Waals surface area contributed by atoms with Crippen molar-refractivity contribution in [3.8, 4) is 0 Å². The summed E-state index contributed by atoms with van der Waals surface area (Å²) in [5, 5.41) is 0.170. The quantitative estimate of drug-likeness (QED) is 0.507. The largest absolute Gasteiger partial charge is 0.384 e. The van der Waals surface area contributed by atoms with Gasteiger partial charge in [0.25, 0.3) is 5.56 Å². The lowest BCUT2D eigenvalue weighted by atomic mass is 9.82. The van der Waals surface area contributed by atoms with Crippen molar-refractivity contribution in [2.75, 3.05) is 25.4 Å². The van der Waals surface area contributed by atoms with E-state index in [1.165, 1.54) is 6.07 Å². The first-order valence-electron chi connectivity index (χ1n) is 11.4. The van der Waals surface area contributed by atoms with Crippen molar-refractivity contribution in [3.63, 3.8) is 0 Å². The predicted octanol–water partition coefficient (Wildman–Crippen LogP) is 3.89. The first-order valence-corrected chi connectivity index (χ1v) is 11.8. The highest BCUT2D eigenvalue weighted by Gasteiger charge is 2.27. The first-order chi connectivity index (χ1) is 14.9. The molecule has 32 heavy (non-hydrogen) atoms. The van der Waals surface area contributed by atoms with Crippen LogP contribution in [0, 0.1) is 17.3 Å². The molecule has 1 unspecified atom stereocenters. The van der Waals surface area contributed by atoms with Crippen molar-refractivity contribution in [1.29, 1.82) is 0 Å². The molecule has 1 aliphatic rings. The number of Topliss-reactive ketones (excluding diaryl/α,β-unsaturated/α-hetero) is 3. The van der Waals surface area contributed by atoms with Gasteiger partial charge in [0.05, 0.1) is 17.1 Å². The SMILES string of the molecule is CC(CCC(=O)CN1CCC(CCC(=O)c2cc(Cl)c(N)[nH]c2=O)CC1)C(=O)C(C)(C)C. The van der Waals surface area contributed by atoms with E-state index in [4.69, 9.17) is 17.3 Å². The van der Waals surface area contributed by atoms with Gasteiger partial charge in [-0.3, -0.25) is 24.1 Å². The van der Waals surface area contributed by atoms with Gasteiger partial charge in [0.2, 0.25) is 0 Å². The number of anilines is 1. The second-order valence-electron chi connectivity index (χ2n) is 10.0.